The molecule has 6 heterocycles. The van der Waals surface area contributed by atoms with Crippen molar-refractivity contribution in [2.75, 3.05) is 26.8 Å². The van der Waals surface area contributed by atoms with E-state index < -0.39 is 17.8 Å². The molecule has 43 heavy (non-hydrogen) atoms. The molecule has 2 aromatic carbocycles. The molecule has 3 aromatic rings. The number of benzene rings is 2. The largest absolute Gasteiger partial charge is 0.493 e. The molecule has 2 atom stereocenters. The van der Waals surface area contributed by atoms with Crippen molar-refractivity contribution in [1.29, 1.82) is 0 Å². The van der Waals surface area contributed by atoms with Crippen LogP contribution >= 0.6 is 0 Å². The highest BCUT2D eigenvalue weighted by molar-refractivity contribution is 5.79. The van der Waals surface area contributed by atoms with Gasteiger partial charge in [0.05, 0.1) is 19.7 Å². The molecule has 0 aliphatic carbocycles. The molecule has 1 aromatic heterocycles. The van der Waals surface area contributed by atoms with Gasteiger partial charge in [0, 0.05) is 30.9 Å². The first-order chi connectivity index (χ1) is 20.7. The number of hydrogen-bond acceptors (Lipinski definition) is 8. The van der Waals surface area contributed by atoms with Crippen molar-refractivity contribution in [1.82, 2.24) is 25.1 Å². The van der Waals surface area contributed by atoms with E-state index in [4.69, 9.17) is 14.2 Å². The van der Waals surface area contributed by atoms with E-state index in [1.807, 2.05) is 18.2 Å². The van der Waals surface area contributed by atoms with E-state index in [2.05, 4.69) is 15.6 Å². The van der Waals surface area contributed by atoms with Crippen LogP contribution in [0.5, 0.6) is 17.2 Å². The quantitative estimate of drug-likeness (QED) is 0.466. The Morgan fingerprint density at radius 3 is 2.51 bits per heavy atom. The maximum atomic E-state index is 13.3. The summed E-state index contributed by atoms with van der Waals surface area (Å²) < 4.78 is 18.7. The van der Waals surface area contributed by atoms with Gasteiger partial charge in [-0.3, -0.25) is 19.0 Å². The first-order valence-corrected chi connectivity index (χ1v) is 14.1. The molecule has 1 saturated heterocycles. The van der Waals surface area contributed by atoms with Crippen molar-refractivity contribution < 1.29 is 28.6 Å². The maximum Gasteiger partial charge on any atom is 0.348 e. The van der Waals surface area contributed by atoms with Crippen molar-refractivity contribution in [3.63, 3.8) is 0 Å². The lowest BCUT2D eigenvalue weighted by Gasteiger charge is -2.21. The normalized spacial score (nSPS) is 19.1. The summed E-state index contributed by atoms with van der Waals surface area (Å²) in [4.78, 5) is 56.8. The Balaban J connectivity index is 1.36. The number of rotatable bonds is 3. The minimum absolute atomic E-state index is 0.159. The number of ether oxygens (including phenoxy) is 3. The lowest BCUT2D eigenvalue weighted by molar-refractivity contribution is -0.131. The molecule has 1 fully saturated rings. The van der Waals surface area contributed by atoms with E-state index in [1.165, 1.54) is 11.7 Å². The topological polar surface area (TPSA) is 141 Å². The number of likely N-dealkylation sites (tertiary alicyclic amines) is 1. The van der Waals surface area contributed by atoms with E-state index in [0.717, 1.165) is 11.1 Å². The van der Waals surface area contributed by atoms with E-state index in [1.54, 1.807) is 49.1 Å². The zero-order valence-corrected chi connectivity index (χ0v) is 24.4. The van der Waals surface area contributed by atoms with Crippen LogP contribution in [0, 0.1) is 13.8 Å². The fraction of sp³-hybridized carbons (Fsp3) is 0.387. The van der Waals surface area contributed by atoms with Crippen LogP contribution in [0.25, 0.3) is 0 Å². The molecule has 5 aliphatic heterocycles. The van der Waals surface area contributed by atoms with Crippen LogP contribution in [0.15, 0.2) is 53.3 Å². The third-order valence-corrected chi connectivity index (χ3v) is 7.53. The second-order valence-corrected chi connectivity index (χ2v) is 10.7. The lowest BCUT2D eigenvalue weighted by Crippen LogP contribution is -2.45. The van der Waals surface area contributed by atoms with E-state index in [9.17, 15) is 19.2 Å². The number of aromatic nitrogens is 2. The van der Waals surface area contributed by atoms with E-state index in [-0.39, 0.29) is 50.4 Å². The average molecular weight is 590 g/mol. The minimum Gasteiger partial charge on any atom is -0.493 e. The molecule has 12 nitrogen and oxygen atoms in total. The van der Waals surface area contributed by atoms with Gasteiger partial charge in [-0.05, 0) is 61.7 Å². The van der Waals surface area contributed by atoms with Crippen LogP contribution in [0.3, 0.4) is 0 Å². The number of carbonyl (C=O) groups is 3. The van der Waals surface area contributed by atoms with Gasteiger partial charge in [-0.15, -0.1) is 0 Å². The van der Waals surface area contributed by atoms with E-state index >= 15 is 0 Å². The fourth-order valence-corrected chi connectivity index (χ4v) is 5.22. The van der Waals surface area contributed by atoms with Crippen LogP contribution < -0.4 is 30.5 Å². The number of methoxy groups -OCH3 is 1. The molecule has 3 amide bonds. The summed E-state index contributed by atoms with van der Waals surface area (Å²) in [6.07, 6.45) is 0.115. The lowest BCUT2D eigenvalue weighted by atomic mass is 10.1. The molecular weight excluding hydrogens is 554 g/mol. The summed E-state index contributed by atoms with van der Waals surface area (Å²) in [5.41, 5.74) is 2.47. The summed E-state index contributed by atoms with van der Waals surface area (Å²) >= 11 is 0. The highest BCUT2D eigenvalue weighted by Gasteiger charge is 2.38. The number of nitrogens with one attached hydrogen (secondary N) is 2. The molecule has 12 heteroatoms. The average Bonchev–Trinajstić information content (AvgIpc) is 3.37. The number of amides is 3. The molecule has 0 unspecified atom stereocenters. The van der Waals surface area contributed by atoms with Crippen LogP contribution in [-0.4, -0.2) is 71.1 Å². The highest BCUT2D eigenvalue weighted by atomic mass is 16.5. The van der Waals surface area contributed by atoms with Gasteiger partial charge in [0.2, 0.25) is 11.8 Å². The SMILES string of the molecule is COc1cc2ccc1OCC(=O)NCc1ccc(cc1)O[C@H]1CN(C(=O)Cn3c(C)cc(C)nc3=O)C[C@@H]1NC(=O)CC2. The van der Waals surface area contributed by atoms with Gasteiger partial charge in [0.25, 0.3) is 5.91 Å². The van der Waals surface area contributed by atoms with Crippen LogP contribution in [0.1, 0.15) is 28.9 Å². The Bertz CT molecular complexity index is 1570. The Labute approximate surface area is 249 Å². The van der Waals surface area contributed by atoms with Crippen molar-refractivity contribution in [3.8, 4) is 17.2 Å². The zero-order chi connectivity index (χ0) is 30.5. The van der Waals surface area contributed by atoms with Crippen molar-refractivity contribution in [3.05, 3.63) is 81.5 Å². The van der Waals surface area contributed by atoms with E-state index in [0.29, 0.717) is 41.6 Å². The maximum absolute atomic E-state index is 13.3. The predicted octanol–water partition coefficient (Wildman–Crippen LogP) is 1.28. The number of carbonyl (C=O) groups excluding carboxylic acids is 3. The van der Waals surface area contributed by atoms with Crippen LogP contribution in [0.4, 0.5) is 0 Å². The molecule has 0 spiro atoms. The fourth-order valence-electron chi connectivity index (χ4n) is 5.22. The highest BCUT2D eigenvalue weighted by Crippen LogP contribution is 2.29. The van der Waals surface area contributed by atoms with Gasteiger partial charge < -0.3 is 29.7 Å². The van der Waals surface area contributed by atoms with Crippen molar-refractivity contribution >= 4 is 17.7 Å². The van der Waals surface area contributed by atoms with Crippen molar-refractivity contribution in [2.24, 2.45) is 0 Å². The summed E-state index contributed by atoms with van der Waals surface area (Å²) in [5, 5.41) is 5.89. The smallest absolute Gasteiger partial charge is 0.348 e. The van der Waals surface area contributed by atoms with Crippen LogP contribution in [0.2, 0.25) is 0 Å². The standard InChI is InChI=1S/C31H35N5O7/c1-19-12-20(2)36(31(40)33-19)17-30(39)35-15-24-27(16-35)43-23-8-4-22(5-9-23)14-32-29(38)18-42-25-10-6-21(13-26(25)41-3)7-11-28(37)34-24/h4-6,8-10,12-13,24,27H,7,11,14-18H2,1-3H3,(H,32,38)(H,34,37)/t24-,27-/m0/s1. The van der Waals surface area contributed by atoms with Gasteiger partial charge in [0.1, 0.15) is 18.4 Å². The monoisotopic (exact) mass is 589 g/mol. The minimum atomic E-state index is -0.519. The number of aryl methyl sites for hydroxylation is 3. The first kappa shape index (κ1) is 29.6. The van der Waals surface area contributed by atoms with Gasteiger partial charge in [-0.2, -0.15) is 4.98 Å². The van der Waals surface area contributed by atoms with Gasteiger partial charge >= 0.3 is 5.69 Å². The van der Waals surface area contributed by atoms with Crippen LogP contribution in [-0.2, 0) is 33.9 Å². The summed E-state index contributed by atoms with van der Waals surface area (Å²) in [7, 11) is 1.52. The summed E-state index contributed by atoms with van der Waals surface area (Å²) in [6.45, 7) is 3.92. The molecule has 8 rings (SSSR count). The Morgan fingerprint density at radius 1 is 1.00 bits per heavy atom. The molecule has 4 bridgehead atoms. The van der Waals surface area contributed by atoms with Crippen molar-refractivity contribution in [2.45, 2.75) is 51.9 Å². The number of nitrogens with zero attached hydrogens (tertiary/aromatic N) is 3. The Kier molecular flexibility index (Phi) is 8.93. The second kappa shape index (κ2) is 13.0. The second-order valence-electron chi connectivity index (χ2n) is 10.7. The number of hydrogen-bond donors (Lipinski definition) is 2. The predicted molar refractivity (Wildman–Crippen MR) is 156 cm³/mol. The Hall–Kier alpha value is -4.87. The molecule has 226 valence electrons. The summed E-state index contributed by atoms with van der Waals surface area (Å²) in [6, 6.07) is 13.9. The third-order valence-electron chi connectivity index (χ3n) is 7.53. The molecular formula is C31H35N5O7. The van der Waals surface area contributed by atoms with Gasteiger partial charge in [0.15, 0.2) is 18.1 Å². The third kappa shape index (κ3) is 7.32. The van der Waals surface area contributed by atoms with Gasteiger partial charge in [-0.1, -0.05) is 18.2 Å². The Morgan fingerprint density at radius 2 is 1.77 bits per heavy atom. The van der Waals surface area contributed by atoms with Gasteiger partial charge in [-0.25, -0.2) is 4.79 Å². The zero-order valence-electron chi connectivity index (χ0n) is 24.4. The molecule has 0 saturated carbocycles. The molecule has 2 N–H and O–H groups in total. The molecule has 5 aliphatic rings. The molecule has 0 radical (unpaired) electrons. The summed E-state index contributed by atoms with van der Waals surface area (Å²) in [5.74, 6) is 0.713. The first-order valence-electron chi connectivity index (χ1n) is 14.1.